The van der Waals surface area contributed by atoms with Crippen molar-refractivity contribution in [1.82, 2.24) is 15.2 Å². The Bertz CT molecular complexity index is 913. The van der Waals surface area contributed by atoms with E-state index in [1.54, 1.807) is 12.1 Å². The first-order chi connectivity index (χ1) is 13.6. The molecular weight excluding hydrogens is 353 g/mol. The van der Waals surface area contributed by atoms with Gasteiger partial charge in [0.05, 0.1) is 0 Å². The molecule has 28 heavy (non-hydrogen) atoms. The number of aromatic amines is 1. The SMILES string of the molecule is CCN(CC)CCNC(=O)CCc1c(-c2ccc(F)cc2)[nH]c2ccccc12. The summed E-state index contributed by atoms with van der Waals surface area (Å²) in [5.41, 5.74) is 4.01. The number of likely N-dealkylation sites (N-methyl/N-ethyl adjacent to an activating group) is 1. The van der Waals surface area contributed by atoms with Gasteiger partial charge in [-0.25, -0.2) is 4.39 Å². The second-order valence-electron chi connectivity index (χ2n) is 6.91. The average molecular weight is 381 g/mol. The van der Waals surface area contributed by atoms with Crippen molar-refractivity contribution < 1.29 is 9.18 Å². The predicted molar refractivity (Wildman–Crippen MR) is 113 cm³/mol. The molecule has 148 valence electrons. The number of fused-ring (bicyclic) bond motifs is 1. The lowest BCUT2D eigenvalue weighted by Crippen LogP contribution is -2.34. The van der Waals surface area contributed by atoms with Crippen molar-refractivity contribution in [3.63, 3.8) is 0 Å². The maximum absolute atomic E-state index is 13.3. The van der Waals surface area contributed by atoms with E-state index in [-0.39, 0.29) is 11.7 Å². The van der Waals surface area contributed by atoms with Crippen molar-refractivity contribution in [2.24, 2.45) is 0 Å². The van der Waals surface area contributed by atoms with E-state index in [0.29, 0.717) is 19.4 Å². The highest BCUT2D eigenvalue weighted by atomic mass is 19.1. The van der Waals surface area contributed by atoms with Crippen LogP contribution in [-0.4, -0.2) is 42.0 Å². The molecule has 1 heterocycles. The number of para-hydroxylation sites is 1. The Morgan fingerprint density at radius 1 is 1.07 bits per heavy atom. The van der Waals surface area contributed by atoms with Crippen molar-refractivity contribution in [2.75, 3.05) is 26.2 Å². The smallest absolute Gasteiger partial charge is 0.220 e. The van der Waals surface area contributed by atoms with Gasteiger partial charge in [0.1, 0.15) is 5.82 Å². The van der Waals surface area contributed by atoms with Crippen LogP contribution in [0.15, 0.2) is 48.5 Å². The van der Waals surface area contributed by atoms with Crippen LogP contribution in [0, 0.1) is 5.82 Å². The first-order valence-electron chi connectivity index (χ1n) is 9.97. The van der Waals surface area contributed by atoms with E-state index in [1.165, 1.54) is 12.1 Å². The molecule has 3 rings (SSSR count). The van der Waals surface area contributed by atoms with Crippen LogP contribution in [0.1, 0.15) is 25.8 Å². The average Bonchev–Trinajstić information content (AvgIpc) is 3.09. The number of hydrogen-bond acceptors (Lipinski definition) is 2. The Hall–Kier alpha value is -2.66. The molecule has 0 fully saturated rings. The highest BCUT2D eigenvalue weighted by Crippen LogP contribution is 2.31. The quantitative estimate of drug-likeness (QED) is 0.578. The molecule has 0 aliphatic carbocycles. The zero-order valence-corrected chi connectivity index (χ0v) is 16.6. The van der Waals surface area contributed by atoms with Gasteiger partial charge in [-0.05, 0) is 61.0 Å². The summed E-state index contributed by atoms with van der Waals surface area (Å²) < 4.78 is 13.3. The Morgan fingerprint density at radius 3 is 2.50 bits per heavy atom. The molecule has 5 heteroatoms. The van der Waals surface area contributed by atoms with Gasteiger partial charge >= 0.3 is 0 Å². The van der Waals surface area contributed by atoms with Gasteiger partial charge in [0, 0.05) is 36.1 Å². The minimum absolute atomic E-state index is 0.0579. The molecule has 0 spiro atoms. The van der Waals surface area contributed by atoms with Gasteiger partial charge in [-0.3, -0.25) is 4.79 Å². The van der Waals surface area contributed by atoms with Gasteiger partial charge in [0.25, 0.3) is 0 Å². The number of nitrogens with zero attached hydrogens (tertiary/aromatic N) is 1. The van der Waals surface area contributed by atoms with Gasteiger partial charge in [-0.2, -0.15) is 0 Å². The van der Waals surface area contributed by atoms with Crippen LogP contribution in [0.3, 0.4) is 0 Å². The van der Waals surface area contributed by atoms with Crippen molar-refractivity contribution in [2.45, 2.75) is 26.7 Å². The van der Waals surface area contributed by atoms with Crippen LogP contribution in [0.4, 0.5) is 4.39 Å². The maximum Gasteiger partial charge on any atom is 0.220 e. The molecule has 0 unspecified atom stereocenters. The second kappa shape index (κ2) is 9.51. The summed E-state index contributed by atoms with van der Waals surface area (Å²) >= 11 is 0. The van der Waals surface area contributed by atoms with E-state index >= 15 is 0 Å². The summed E-state index contributed by atoms with van der Waals surface area (Å²) in [6.45, 7) is 7.76. The highest BCUT2D eigenvalue weighted by Gasteiger charge is 2.14. The first-order valence-corrected chi connectivity index (χ1v) is 9.97. The number of hydrogen-bond donors (Lipinski definition) is 2. The molecule has 0 saturated heterocycles. The Morgan fingerprint density at radius 2 is 1.79 bits per heavy atom. The molecule has 0 bridgehead atoms. The molecule has 0 aliphatic rings. The number of carbonyl (C=O) groups excluding carboxylic acids is 1. The van der Waals surface area contributed by atoms with Gasteiger partial charge in [-0.15, -0.1) is 0 Å². The zero-order valence-electron chi connectivity index (χ0n) is 16.6. The van der Waals surface area contributed by atoms with Crippen molar-refractivity contribution in [3.05, 3.63) is 59.9 Å². The van der Waals surface area contributed by atoms with E-state index in [9.17, 15) is 9.18 Å². The Labute approximate surface area is 165 Å². The molecule has 2 aromatic carbocycles. The van der Waals surface area contributed by atoms with E-state index in [1.807, 2.05) is 18.2 Å². The second-order valence-corrected chi connectivity index (χ2v) is 6.91. The molecule has 0 saturated carbocycles. The molecule has 2 N–H and O–H groups in total. The normalized spacial score (nSPS) is 11.3. The highest BCUT2D eigenvalue weighted by molar-refractivity contribution is 5.91. The summed E-state index contributed by atoms with van der Waals surface area (Å²) in [6, 6.07) is 14.5. The fourth-order valence-corrected chi connectivity index (χ4v) is 3.54. The topological polar surface area (TPSA) is 48.1 Å². The zero-order chi connectivity index (χ0) is 19.9. The molecule has 0 aliphatic heterocycles. The third kappa shape index (κ3) is 4.78. The fraction of sp³-hybridized carbons (Fsp3) is 0.348. The monoisotopic (exact) mass is 381 g/mol. The van der Waals surface area contributed by atoms with Gasteiger partial charge in [0.15, 0.2) is 0 Å². The first kappa shape index (κ1) is 20.1. The van der Waals surface area contributed by atoms with Crippen LogP contribution in [0.5, 0.6) is 0 Å². The minimum Gasteiger partial charge on any atom is -0.355 e. The van der Waals surface area contributed by atoms with Crippen LogP contribution < -0.4 is 5.32 Å². The number of H-pyrrole nitrogens is 1. The number of amides is 1. The molecular formula is C23H28FN3O. The molecule has 0 atom stereocenters. The van der Waals surface area contributed by atoms with Crippen LogP contribution in [0.2, 0.25) is 0 Å². The Balaban J connectivity index is 1.72. The fourth-order valence-electron chi connectivity index (χ4n) is 3.54. The summed E-state index contributed by atoms with van der Waals surface area (Å²) in [6.07, 6.45) is 1.06. The van der Waals surface area contributed by atoms with Crippen LogP contribution >= 0.6 is 0 Å². The summed E-state index contributed by atoms with van der Waals surface area (Å²) in [5.74, 6) is -0.198. The maximum atomic E-state index is 13.3. The number of nitrogens with one attached hydrogen (secondary N) is 2. The minimum atomic E-state index is -0.256. The van der Waals surface area contributed by atoms with E-state index < -0.39 is 0 Å². The lowest BCUT2D eigenvalue weighted by Gasteiger charge is -2.17. The summed E-state index contributed by atoms with van der Waals surface area (Å²) in [7, 11) is 0. The largest absolute Gasteiger partial charge is 0.355 e. The lowest BCUT2D eigenvalue weighted by molar-refractivity contribution is -0.121. The summed E-state index contributed by atoms with van der Waals surface area (Å²) in [5, 5.41) is 4.13. The van der Waals surface area contributed by atoms with Crippen LogP contribution in [0.25, 0.3) is 22.2 Å². The van der Waals surface area contributed by atoms with E-state index in [0.717, 1.165) is 47.4 Å². The summed E-state index contributed by atoms with van der Waals surface area (Å²) in [4.78, 5) is 18.1. The number of benzene rings is 2. The van der Waals surface area contributed by atoms with E-state index in [4.69, 9.17) is 0 Å². The number of carbonyl (C=O) groups is 1. The number of aryl methyl sites for hydroxylation is 1. The van der Waals surface area contributed by atoms with Gasteiger partial charge < -0.3 is 15.2 Å². The molecule has 4 nitrogen and oxygen atoms in total. The Kier molecular flexibility index (Phi) is 6.82. The molecule has 1 amide bonds. The predicted octanol–water partition coefficient (Wildman–Crippen LogP) is 4.36. The standard InChI is InChI=1S/C23H28FN3O/c1-3-27(4-2)16-15-25-22(28)14-13-20-19-7-5-6-8-21(19)26-23(20)17-9-11-18(24)12-10-17/h5-12,26H,3-4,13-16H2,1-2H3,(H,25,28). The molecule has 0 radical (unpaired) electrons. The molecule has 1 aromatic heterocycles. The van der Waals surface area contributed by atoms with Gasteiger partial charge in [0.2, 0.25) is 5.91 Å². The third-order valence-corrected chi connectivity index (χ3v) is 5.19. The van der Waals surface area contributed by atoms with Crippen molar-refractivity contribution in [1.29, 1.82) is 0 Å². The molecule has 3 aromatic rings. The third-order valence-electron chi connectivity index (χ3n) is 5.19. The van der Waals surface area contributed by atoms with Crippen molar-refractivity contribution in [3.8, 4) is 11.3 Å². The number of halogens is 1. The van der Waals surface area contributed by atoms with E-state index in [2.05, 4.69) is 35.1 Å². The lowest BCUT2D eigenvalue weighted by atomic mass is 10.0. The number of aromatic nitrogens is 1. The van der Waals surface area contributed by atoms with Crippen LogP contribution in [-0.2, 0) is 11.2 Å². The van der Waals surface area contributed by atoms with Gasteiger partial charge in [-0.1, -0.05) is 32.0 Å². The number of rotatable bonds is 9. The van der Waals surface area contributed by atoms with Crippen molar-refractivity contribution >= 4 is 16.8 Å².